The van der Waals surface area contributed by atoms with Crippen LogP contribution in [-0.2, 0) is 6.54 Å². The molecule has 0 bridgehead atoms. The lowest BCUT2D eigenvalue weighted by Gasteiger charge is -2.09. The molecule has 3 aromatic rings. The molecule has 2 heterocycles. The number of nitrogens with zero attached hydrogens (tertiary/aromatic N) is 3. The topological polar surface area (TPSA) is 71.8 Å². The van der Waals surface area contributed by atoms with E-state index in [1.165, 1.54) is 11.5 Å². The fraction of sp³-hybridized carbons (Fsp3) is 0.312. The predicted octanol–water partition coefficient (Wildman–Crippen LogP) is 3.51. The molecule has 120 valence electrons. The van der Waals surface area contributed by atoms with Gasteiger partial charge in [0.2, 0.25) is 5.95 Å². The minimum atomic E-state index is -0.187. The molecule has 0 atom stereocenters. The molecule has 7 heteroatoms. The lowest BCUT2D eigenvalue weighted by atomic mass is 10.2. The lowest BCUT2D eigenvalue weighted by molar-refractivity contribution is 0.102. The Kier molecular flexibility index (Phi) is 4.29. The molecule has 1 aromatic carbocycles. The standard InChI is InChI=1S/C16H19N5OS/c1-4-9-21-12-8-6-5-7-11(12)18-16(21)19-14(22)13-10(2)20-23-15(13)17-3/h5-8,17H,4,9H2,1-3H3,(H,18,19,22). The zero-order valence-corrected chi connectivity index (χ0v) is 14.2. The summed E-state index contributed by atoms with van der Waals surface area (Å²) in [7, 11) is 1.79. The summed E-state index contributed by atoms with van der Waals surface area (Å²) in [6, 6.07) is 7.90. The maximum Gasteiger partial charge on any atom is 0.262 e. The Morgan fingerprint density at radius 1 is 1.35 bits per heavy atom. The summed E-state index contributed by atoms with van der Waals surface area (Å²) in [5.41, 5.74) is 3.20. The van der Waals surface area contributed by atoms with Gasteiger partial charge < -0.3 is 9.88 Å². The van der Waals surface area contributed by atoms with Crippen LogP contribution < -0.4 is 10.6 Å². The van der Waals surface area contributed by atoms with E-state index < -0.39 is 0 Å². The quantitative estimate of drug-likeness (QED) is 0.751. The molecule has 23 heavy (non-hydrogen) atoms. The normalized spacial score (nSPS) is 10.9. The monoisotopic (exact) mass is 329 g/mol. The summed E-state index contributed by atoms with van der Waals surface area (Å²) < 4.78 is 6.29. The molecular formula is C16H19N5OS. The molecule has 3 rings (SSSR count). The van der Waals surface area contributed by atoms with Crippen molar-refractivity contribution in [2.45, 2.75) is 26.8 Å². The summed E-state index contributed by atoms with van der Waals surface area (Å²) >= 11 is 1.29. The van der Waals surface area contributed by atoms with E-state index in [0.717, 1.165) is 34.7 Å². The van der Waals surface area contributed by atoms with Gasteiger partial charge in [-0.25, -0.2) is 4.98 Å². The Balaban J connectivity index is 1.99. The van der Waals surface area contributed by atoms with Crippen LogP contribution in [0.4, 0.5) is 10.9 Å². The number of carbonyl (C=O) groups is 1. The summed E-state index contributed by atoms with van der Waals surface area (Å²) in [4.78, 5) is 17.2. The zero-order chi connectivity index (χ0) is 16.4. The first-order chi connectivity index (χ1) is 11.2. The Morgan fingerprint density at radius 2 is 2.13 bits per heavy atom. The summed E-state index contributed by atoms with van der Waals surface area (Å²) in [6.07, 6.45) is 0.962. The Hall–Kier alpha value is -2.41. The fourth-order valence-electron chi connectivity index (χ4n) is 2.59. The molecule has 0 aliphatic rings. The van der Waals surface area contributed by atoms with Crippen molar-refractivity contribution in [1.82, 2.24) is 13.9 Å². The molecule has 6 nitrogen and oxygen atoms in total. The largest absolute Gasteiger partial charge is 0.378 e. The third-order valence-corrected chi connectivity index (χ3v) is 4.60. The van der Waals surface area contributed by atoms with Crippen molar-refractivity contribution in [2.75, 3.05) is 17.7 Å². The number of nitrogens with one attached hydrogen (secondary N) is 2. The third kappa shape index (κ3) is 2.79. The molecule has 0 aliphatic carbocycles. The summed E-state index contributed by atoms with van der Waals surface area (Å²) in [5, 5.41) is 6.72. The van der Waals surface area contributed by atoms with E-state index in [1.54, 1.807) is 7.05 Å². The highest BCUT2D eigenvalue weighted by molar-refractivity contribution is 7.10. The number of amides is 1. The number of anilines is 2. The van der Waals surface area contributed by atoms with Crippen LogP contribution in [-0.4, -0.2) is 26.9 Å². The number of hydrogen-bond donors (Lipinski definition) is 2. The van der Waals surface area contributed by atoms with Gasteiger partial charge in [0.15, 0.2) is 0 Å². The van der Waals surface area contributed by atoms with Gasteiger partial charge in [-0.15, -0.1) is 0 Å². The first-order valence-corrected chi connectivity index (χ1v) is 8.33. The first-order valence-electron chi connectivity index (χ1n) is 7.56. The van der Waals surface area contributed by atoms with Gasteiger partial charge in [0.1, 0.15) is 5.00 Å². The summed E-state index contributed by atoms with van der Waals surface area (Å²) in [6.45, 7) is 4.74. The van der Waals surface area contributed by atoms with Crippen LogP contribution in [0.3, 0.4) is 0 Å². The second kappa shape index (κ2) is 6.37. The van der Waals surface area contributed by atoms with Crippen molar-refractivity contribution < 1.29 is 4.79 Å². The SMILES string of the molecule is CCCn1c(NC(=O)c2c(C)nsc2NC)nc2ccccc21. The molecule has 0 unspecified atom stereocenters. The first kappa shape index (κ1) is 15.5. The molecule has 2 aromatic heterocycles. The average Bonchev–Trinajstić information content (AvgIpc) is 3.09. The zero-order valence-electron chi connectivity index (χ0n) is 13.4. The van der Waals surface area contributed by atoms with Crippen molar-refractivity contribution >= 4 is 39.4 Å². The minimum Gasteiger partial charge on any atom is -0.378 e. The van der Waals surface area contributed by atoms with Gasteiger partial charge in [-0.2, -0.15) is 4.37 Å². The van der Waals surface area contributed by atoms with E-state index in [2.05, 4.69) is 26.9 Å². The Labute approximate surface area is 138 Å². The second-order valence-electron chi connectivity index (χ2n) is 5.25. The molecule has 0 fully saturated rings. The van der Waals surface area contributed by atoms with Crippen molar-refractivity contribution in [3.63, 3.8) is 0 Å². The van der Waals surface area contributed by atoms with Crippen LogP contribution in [0.5, 0.6) is 0 Å². The van der Waals surface area contributed by atoms with Gasteiger partial charge in [0.25, 0.3) is 5.91 Å². The number of aryl methyl sites for hydroxylation is 2. The maximum atomic E-state index is 12.7. The van der Waals surface area contributed by atoms with E-state index in [4.69, 9.17) is 0 Å². The van der Waals surface area contributed by atoms with Gasteiger partial charge in [-0.05, 0) is 37.0 Å². The fourth-order valence-corrected chi connectivity index (χ4v) is 3.34. The van der Waals surface area contributed by atoms with Crippen LogP contribution in [0.2, 0.25) is 0 Å². The molecule has 2 N–H and O–H groups in total. The Bertz CT molecular complexity index is 851. The number of imidazole rings is 1. The molecule has 1 amide bonds. The molecule has 0 aliphatic heterocycles. The van der Waals surface area contributed by atoms with Crippen LogP contribution in [0.15, 0.2) is 24.3 Å². The molecule has 0 saturated carbocycles. The van der Waals surface area contributed by atoms with Gasteiger partial charge in [-0.1, -0.05) is 19.1 Å². The smallest absolute Gasteiger partial charge is 0.262 e. The van der Waals surface area contributed by atoms with E-state index in [9.17, 15) is 4.79 Å². The highest BCUT2D eigenvalue weighted by Gasteiger charge is 2.20. The van der Waals surface area contributed by atoms with E-state index in [0.29, 0.717) is 11.5 Å². The van der Waals surface area contributed by atoms with Gasteiger partial charge in [-0.3, -0.25) is 10.1 Å². The molecule has 0 spiro atoms. The highest BCUT2D eigenvalue weighted by atomic mass is 32.1. The van der Waals surface area contributed by atoms with Crippen molar-refractivity contribution in [2.24, 2.45) is 0 Å². The maximum absolute atomic E-state index is 12.7. The molecule has 0 saturated heterocycles. The van der Waals surface area contributed by atoms with Gasteiger partial charge in [0, 0.05) is 13.6 Å². The van der Waals surface area contributed by atoms with Crippen LogP contribution >= 0.6 is 11.5 Å². The lowest BCUT2D eigenvalue weighted by Crippen LogP contribution is -2.17. The van der Waals surface area contributed by atoms with Crippen LogP contribution in [0, 0.1) is 6.92 Å². The second-order valence-corrected chi connectivity index (χ2v) is 6.03. The number of fused-ring (bicyclic) bond motifs is 1. The predicted molar refractivity (Wildman–Crippen MR) is 94.4 cm³/mol. The number of rotatable bonds is 5. The summed E-state index contributed by atoms with van der Waals surface area (Å²) in [5.74, 6) is 0.388. The van der Waals surface area contributed by atoms with Crippen molar-refractivity contribution in [3.05, 3.63) is 35.5 Å². The Morgan fingerprint density at radius 3 is 2.87 bits per heavy atom. The minimum absolute atomic E-state index is 0.187. The van der Waals surface area contributed by atoms with Crippen LogP contribution in [0.25, 0.3) is 11.0 Å². The highest BCUT2D eigenvalue weighted by Crippen LogP contribution is 2.26. The average molecular weight is 329 g/mol. The van der Waals surface area contributed by atoms with Crippen LogP contribution in [0.1, 0.15) is 29.4 Å². The number of carbonyl (C=O) groups excluding carboxylic acids is 1. The number of para-hydroxylation sites is 2. The van der Waals surface area contributed by atoms with E-state index >= 15 is 0 Å². The van der Waals surface area contributed by atoms with Crippen molar-refractivity contribution in [1.29, 1.82) is 0 Å². The van der Waals surface area contributed by atoms with Gasteiger partial charge >= 0.3 is 0 Å². The number of benzene rings is 1. The van der Waals surface area contributed by atoms with Gasteiger partial charge in [0.05, 0.1) is 22.3 Å². The van der Waals surface area contributed by atoms with Crippen molar-refractivity contribution in [3.8, 4) is 0 Å². The number of aromatic nitrogens is 3. The molecule has 0 radical (unpaired) electrons. The molecular weight excluding hydrogens is 310 g/mol. The third-order valence-electron chi connectivity index (χ3n) is 3.64. The number of hydrogen-bond acceptors (Lipinski definition) is 5. The van der Waals surface area contributed by atoms with E-state index in [1.807, 2.05) is 35.8 Å². The van der Waals surface area contributed by atoms with E-state index in [-0.39, 0.29) is 5.91 Å².